The maximum atomic E-state index is 2.45. The molecule has 0 aromatic carbocycles. The Bertz CT molecular complexity index is 206. The van der Waals surface area contributed by atoms with Gasteiger partial charge >= 0.3 is 0 Å². The average Bonchev–Trinajstić information content (AvgIpc) is 2.03. The molecule has 0 N–H and O–H groups in total. The van der Waals surface area contributed by atoms with E-state index in [1.165, 1.54) is 32.1 Å². The van der Waals surface area contributed by atoms with Gasteiger partial charge in [0, 0.05) is 0 Å². The third-order valence-electron chi connectivity index (χ3n) is 2.65. The Labute approximate surface area is 82.7 Å². The van der Waals surface area contributed by atoms with E-state index < -0.39 is 0 Å². The molecule has 0 saturated carbocycles. The summed E-state index contributed by atoms with van der Waals surface area (Å²) >= 11 is 0. The minimum Gasteiger partial charge on any atom is -0.0843 e. The highest BCUT2D eigenvalue weighted by molar-refractivity contribution is 5.23. The van der Waals surface area contributed by atoms with Gasteiger partial charge in [-0.2, -0.15) is 0 Å². The van der Waals surface area contributed by atoms with E-state index in [1.54, 1.807) is 5.57 Å². The largest absolute Gasteiger partial charge is 0.0843 e. The van der Waals surface area contributed by atoms with Crippen molar-refractivity contribution in [1.82, 2.24) is 0 Å². The summed E-state index contributed by atoms with van der Waals surface area (Å²) in [6.45, 7) is 6.89. The molecular formula is C13H22. The van der Waals surface area contributed by atoms with E-state index in [4.69, 9.17) is 0 Å². The summed E-state index contributed by atoms with van der Waals surface area (Å²) in [6, 6.07) is 0. The number of rotatable bonds is 3. The van der Waals surface area contributed by atoms with Crippen LogP contribution in [0.3, 0.4) is 0 Å². The number of hydrogen-bond acceptors (Lipinski definition) is 0. The fourth-order valence-electron chi connectivity index (χ4n) is 1.93. The molecule has 0 heterocycles. The van der Waals surface area contributed by atoms with Crippen molar-refractivity contribution in [1.29, 1.82) is 0 Å². The van der Waals surface area contributed by atoms with Crippen molar-refractivity contribution in [3.8, 4) is 0 Å². The van der Waals surface area contributed by atoms with Gasteiger partial charge in [-0.05, 0) is 31.1 Å². The average molecular weight is 178 g/mol. The summed E-state index contributed by atoms with van der Waals surface area (Å²) < 4.78 is 0. The Morgan fingerprint density at radius 1 is 1.46 bits per heavy atom. The van der Waals surface area contributed by atoms with Gasteiger partial charge in [-0.1, -0.05) is 51.0 Å². The van der Waals surface area contributed by atoms with Crippen molar-refractivity contribution in [2.45, 2.75) is 52.9 Å². The predicted octanol–water partition coefficient (Wildman–Crippen LogP) is 4.48. The first-order chi connectivity index (χ1) is 6.14. The summed E-state index contributed by atoms with van der Waals surface area (Å²) in [5, 5.41) is 0. The second-order valence-electron chi connectivity index (χ2n) is 4.75. The monoisotopic (exact) mass is 178 g/mol. The zero-order chi connectivity index (χ0) is 9.73. The van der Waals surface area contributed by atoms with Crippen LogP contribution in [0.4, 0.5) is 0 Å². The van der Waals surface area contributed by atoms with Crippen LogP contribution >= 0.6 is 0 Å². The first-order valence-electron chi connectivity index (χ1n) is 5.52. The molecule has 0 amide bonds. The van der Waals surface area contributed by atoms with E-state index in [0.29, 0.717) is 5.41 Å². The highest BCUT2D eigenvalue weighted by Gasteiger charge is 2.18. The zero-order valence-electron chi connectivity index (χ0n) is 9.27. The molecule has 1 aliphatic rings. The van der Waals surface area contributed by atoms with Gasteiger partial charge in [-0.15, -0.1) is 0 Å². The zero-order valence-corrected chi connectivity index (χ0v) is 9.27. The third kappa shape index (κ3) is 3.80. The fraction of sp³-hybridized carbons (Fsp3) is 0.692. The summed E-state index contributed by atoms with van der Waals surface area (Å²) in [4.78, 5) is 0. The summed E-state index contributed by atoms with van der Waals surface area (Å²) in [5.41, 5.74) is 1.98. The number of hydrogen-bond donors (Lipinski definition) is 0. The van der Waals surface area contributed by atoms with E-state index in [0.717, 1.165) is 0 Å². The Hall–Kier alpha value is -0.520. The standard InChI is InChI=1S/C13H22/c1-4-5-6-8-12-9-7-10-13(2,3)11-12/h6,8,11H,4-5,7,9-10H2,1-3H3/b8-6+. The van der Waals surface area contributed by atoms with Gasteiger partial charge in [0.25, 0.3) is 0 Å². The predicted molar refractivity (Wildman–Crippen MR) is 59.8 cm³/mol. The van der Waals surface area contributed by atoms with Gasteiger partial charge in [-0.25, -0.2) is 0 Å². The van der Waals surface area contributed by atoms with Crippen LogP contribution in [0.15, 0.2) is 23.8 Å². The van der Waals surface area contributed by atoms with E-state index in [2.05, 4.69) is 39.0 Å². The van der Waals surface area contributed by atoms with Gasteiger partial charge in [0.15, 0.2) is 0 Å². The van der Waals surface area contributed by atoms with Gasteiger partial charge in [0.1, 0.15) is 0 Å². The fourth-order valence-corrected chi connectivity index (χ4v) is 1.93. The smallest absolute Gasteiger partial charge is 0.0169 e. The van der Waals surface area contributed by atoms with Crippen molar-refractivity contribution in [3.05, 3.63) is 23.8 Å². The van der Waals surface area contributed by atoms with Crippen molar-refractivity contribution >= 4 is 0 Å². The Kier molecular flexibility index (Phi) is 3.77. The van der Waals surface area contributed by atoms with Crippen LogP contribution < -0.4 is 0 Å². The summed E-state index contributed by atoms with van der Waals surface area (Å²) in [6.07, 6.45) is 13.5. The molecule has 1 rings (SSSR count). The van der Waals surface area contributed by atoms with Crippen LogP contribution in [-0.4, -0.2) is 0 Å². The van der Waals surface area contributed by atoms with Gasteiger partial charge in [0.05, 0.1) is 0 Å². The van der Waals surface area contributed by atoms with Gasteiger partial charge in [0.2, 0.25) is 0 Å². The third-order valence-corrected chi connectivity index (χ3v) is 2.65. The molecule has 0 nitrogen and oxygen atoms in total. The van der Waals surface area contributed by atoms with Crippen LogP contribution in [0.1, 0.15) is 52.9 Å². The highest BCUT2D eigenvalue weighted by Crippen LogP contribution is 2.33. The number of allylic oxidation sites excluding steroid dienone is 4. The SMILES string of the molecule is CCC/C=C/C1=CC(C)(C)CCC1. The first kappa shape index (κ1) is 10.6. The topological polar surface area (TPSA) is 0 Å². The minimum atomic E-state index is 0.435. The van der Waals surface area contributed by atoms with Crippen LogP contribution in [-0.2, 0) is 0 Å². The lowest BCUT2D eigenvalue weighted by Gasteiger charge is -2.26. The molecule has 0 saturated heterocycles. The molecule has 74 valence electrons. The molecular weight excluding hydrogens is 156 g/mol. The van der Waals surface area contributed by atoms with Crippen molar-refractivity contribution in [2.24, 2.45) is 5.41 Å². The lowest BCUT2D eigenvalue weighted by atomic mass is 9.79. The van der Waals surface area contributed by atoms with E-state index in [9.17, 15) is 0 Å². The van der Waals surface area contributed by atoms with Crippen molar-refractivity contribution < 1.29 is 0 Å². The Morgan fingerprint density at radius 2 is 2.23 bits per heavy atom. The molecule has 0 aromatic heterocycles. The van der Waals surface area contributed by atoms with E-state index >= 15 is 0 Å². The van der Waals surface area contributed by atoms with Crippen molar-refractivity contribution in [3.63, 3.8) is 0 Å². The van der Waals surface area contributed by atoms with Gasteiger partial charge in [-0.3, -0.25) is 0 Å². The molecule has 0 aliphatic heterocycles. The highest BCUT2D eigenvalue weighted by atomic mass is 14.2. The first-order valence-corrected chi connectivity index (χ1v) is 5.52. The maximum absolute atomic E-state index is 2.45. The number of unbranched alkanes of at least 4 members (excludes halogenated alkanes) is 1. The Morgan fingerprint density at radius 3 is 2.85 bits per heavy atom. The van der Waals surface area contributed by atoms with Crippen LogP contribution in [0.25, 0.3) is 0 Å². The van der Waals surface area contributed by atoms with E-state index in [1.807, 2.05) is 0 Å². The maximum Gasteiger partial charge on any atom is -0.0169 e. The summed E-state index contributed by atoms with van der Waals surface area (Å²) in [7, 11) is 0. The molecule has 0 radical (unpaired) electrons. The van der Waals surface area contributed by atoms with Crippen molar-refractivity contribution in [2.75, 3.05) is 0 Å². The molecule has 0 heteroatoms. The minimum absolute atomic E-state index is 0.435. The Balaban J connectivity index is 2.54. The van der Waals surface area contributed by atoms with E-state index in [-0.39, 0.29) is 0 Å². The molecule has 0 aromatic rings. The van der Waals surface area contributed by atoms with Crippen LogP contribution in [0.2, 0.25) is 0 Å². The molecule has 13 heavy (non-hydrogen) atoms. The normalized spacial score (nSPS) is 21.9. The molecule has 1 aliphatic carbocycles. The second-order valence-corrected chi connectivity index (χ2v) is 4.75. The summed E-state index contributed by atoms with van der Waals surface area (Å²) in [5.74, 6) is 0. The lowest BCUT2D eigenvalue weighted by molar-refractivity contribution is 0.400. The molecule has 0 spiro atoms. The molecule has 0 fully saturated rings. The molecule has 0 bridgehead atoms. The van der Waals surface area contributed by atoms with Crippen LogP contribution in [0, 0.1) is 5.41 Å². The quantitative estimate of drug-likeness (QED) is 0.597. The molecule has 0 unspecified atom stereocenters. The lowest BCUT2D eigenvalue weighted by Crippen LogP contribution is -2.12. The van der Waals surface area contributed by atoms with Crippen LogP contribution in [0.5, 0.6) is 0 Å². The molecule has 0 atom stereocenters. The second kappa shape index (κ2) is 4.64. The van der Waals surface area contributed by atoms with Gasteiger partial charge < -0.3 is 0 Å².